The van der Waals surface area contributed by atoms with Crippen LogP contribution in [0.2, 0.25) is 0 Å². The highest BCUT2D eigenvalue weighted by Gasteiger charge is 2.17. The van der Waals surface area contributed by atoms with Crippen molar-refractivity contribution in [2.24, 2.45) is 17.8 Å². The lowest BCUT2D eigenvalue weighted by molar-refractivity contribution is 0.304. The van der Waals surface area contributed by atoms with Crippen LogP contribution in [-0.4, -0.2) is 16.5 Å². The van der Waals surface area contributed by atoms with E-state index in [1.54, 1.807) is 0 Å². The van der Waals surface area contributed by atoms with Crippen LogP contribution in [0.3, 0.4) is 0 Å². The van der Waals surface area contributed by atoms with Gasteiger partial charge < -0.3 is 5.32 Å². The molecular weight excluding hydrogens is 205 g/mol. The molecule has 0 radical (unpaired) electrons. The number of halogens is 1. The lowest BCUT2D eigenvalue weighted by Crippen LogP contribution is -2.24. The summed E-state index contributed by atoms with van der Waals surface area (Å²) < 4.78 is 12.8. The van der Waals surface area contributed by atoms with Crippen molar-refractivity contribution in [2.45, 2.75) is 27.7 Å². The van der Waals surface area contributed by atoms with Crippen molar-refractivity contribution < 1.29 is 4.39 Å². The molecule has 0 bridgehead atoms. The van der Waals surface area contributed by atoms with Crippen molar-refractivity contribution in [1.82, 2.24) is 9.97 Å². The zero-order chi connectivity index (χ0) is 12.1. The number of nitrogens with zero attached hydrogens (tertiary/aromatic N) is 2. The van der Waals surface area contributed by atoms with Gasteiger partial charge in [0.1, 0.15) is 12.1 Å². The molecule has 0 fully saturated rings. The minimum Gasteiger partial charge on any atom is -0.370 e. The fourth-order valence-electron chi connectivity index (χ4n) is 1.89. The zero-order valence-corrected chi connectivity index (χ0v) is 10.4. The van der Waals surface area contributed by atoms with Crippen molar-refractivity contribution in [3.63, 3.8) is 0 Å². The minimum atomic E-state index is -0.497. The minimum absolute atomic E-state index is 0.497. The lowest BCUT2D eigenvalue weighted by atomic mass is 9.85. The zero-order valence-electron chi connectivity index (χ0n) is 10.4. The number of anilines is 1. The van der Waals surface area contributed by atoms with Gasteiger partial charge in [0.25, 0.3) is 0 Å². The second-order valence-electron chi connectivity index (χ2n) is 4.76. The molecule has 0 aromatic carbocycles. The molecule has 0 aliphatic carbocycles. The van der Waals surface area contributed by atoms with E-state index < -0.39 is 5.95 Å². The first-order valence-corrected chi connectivity index (χ1v) is 5.72. The maximum atomic E-state index is 12.8. The van der Waals surface area contributed by atoms with E-state index in [4.69, 9.17) is 0 Å². The molecule has 0 unspecified atom stereocenters. The highest BCUT2D eigenvalue weighted by Crippen LogP contribution is 2.20. The summed E-state index contributed by atoms with van der Waals surface area (Å²) in [5.74, 6) is 1.80. The molecule has 1 rings (SSSR count). The third kappa shape index (κ3) is 3.76. The second kappa shape index (κ2) is 5.77. The summed E-state index contributed by atoms with van der Waals surface area (Å²) in [6.07, 6.45) is 1.23. The largest absolute Gasteiger partial charge is 0.370 e. The van der Waals surface area contributed by atoms with Gasteiger partial charge in [0.2, 0.25) is 5.95 Å². The van der Waals surface area contributed by atoms with Crippen LogP contribution in [0.1, 0.15) is 27.7 Å². The first-order valence-electron chi connectivity index (χ1n) is 5.72. The van der Waals surface area contributed by atoms with Crippen molar-refractivity contribution in [3.8, 4) is 0 Å². The van der Waals surface area contributed by atoms with Crippen LogP contribution in [0.4, 0.5) is 10.2 Å². The van der Waals surface area contributed by atoms with Gasteiger partial charge in [-0.25, -0.2) is 9.97 Å². The Hall–Kier alpha value is -1.19. The van der Waals surface area contributed by atoms with E-state index in [0.29, 0.717) is 23.6 Å². The van der Waals surface area contributed by atoms with Gasteiger partial charge in [-0.05, 0) is 17.8 Å². The fourth-order valence-corrected chi connectivity index (χ4v) is 1.89. The smallest absolute Gasteiger partial charge is 0.217 e. The topological polar surface area (TPSA) is 37.8 Å². The maximum Gasteiger partial charge on any atom is 0.217 e. The Kier molecular flexibility index (Phi) is 4.65. The Labute approximate surface area is 96.5 Å². The van der Waals surface area contributed by atoms with Crippen LogP contribution in [0.15, 0.2) is 12.4 Å². The van der Waals surface area contributed by atoms with Gasteiger partial charge in [-0.2, -0.15) is 4.39 Å². The Morgan fingerprint density at radius 2 is 1.81 bits per heavy atom. The maximum absolute atomic E-state index is 12.8. The SMILES string of the molecule is CC(C)C(CNc1cc(F)ncn1)C(C)C. The van der Waals surface area contributed by atoms with Crippen LogP contribution < -0.4 is 5.32 Å². The van der Waals surface area contributed by atoms with Gasteiger partial charge >= 0.3 is 0 Å². The van der Waals surface area contributed by atoms with E-state index >= 15 is 0 Å². The first kappa shape index (κ1) is 12.9. The summed E-state index contributed by atoms with van der Waals surface area (Å²) in [4.78, 5) is 7.39. The first-order chi connectivity index (χ1) is 7.50. The van der Waals surface area contributed by atoms with Crippen LogP contribution >= 0.6 is 0 Å². The van der Waals surface area contributed by atoms with Crippen molar-refractivity contribution in [2.75, 3.05) is 11.9 Å². The average Bonchev–Trinajstić information content (AvgIpc) is 2.16. The number of nitrogens with one attached hydrogen (secondary N) is 1. The summed E-state index contributed by atoms with van der Waals surface area (Å²) in [6, 6.07) is 1.32. The van der Waals surface area contributed by atoms with E-state index in [-0.39, 0.29) is 0 Å². The number of hydrogen-bond acceptors (Lipinski definition) is 3. The number of rotatable bonds is 5. The molecule has 3 nitrogen and oxygen atoms in total. The predicted molar refractivity (Wildman–Crippen MR) is 63.6 cm³/mol. The molecule has 0 aliphatic rings. The van der Waals surface area contributed by atoms with Gasteiger partial charge in [-0.3, -0.25) is 0 Å². The third-order valence-electron chi connectivity index (χ3n) is 2.87. The van der Waals surface area contributed by atoms with E-state index in [1.807, 2.05) is 0 Å². The lowest BCUT2D eigenvalue weighted by Gasteiger charge is -2.25. The van der Waals surface area contributed by atoms with Crippen LogP contribution in [0.25, 0.3) is 0 Å². The van der Waals surface area contributed by atoms with E-state index in [2.05, 4.69) is 43.0 Å². The summed E-state index contributed by atoms with van der Waals surface area (Å²) in [5.41, 5.74) is 0. The molecule has 0 atom stereocenters. The van der Waals surface area contributed by atoms with Gasteiger partial charge in [0.15, 0.2) is 0 Å². The van der Waals surface area contributed by atoms with Crippen molar-refractivity contribution >= 4 is 5.82 Å². The normalized spacial score (nSPS) is 11.5. The molecule has 1 heterocycles. The predicted octanol–water partition coefficient (Wildman–Crippen LogP) is 2.96. The highest BCUT2D eigenvalue weighted by atomic mass is 19.1. The summed E-state index contributed by atoms with van der Waals surface area (Å²) in [7, 11) is 0. The summed E-state index contributed by atoms with van der Waals surface area (Å²) in [5, 5.41) is 3.16. The molecular formula is C12H20FN3. The summed E-state index contributed by atoms with van der Waals surface area (Å²) in [6.45, 7) is 9.62. The molecule has 16 heavy (non-hydrogen) atoms. The number of aromatic nitrogens is 2. The summed E-state index contributed by atoms with van der Waals surface area (Å²) >= 11 is 0. The van der Waals surface area contributed by atoms with Gasteiger partial charge in [0.05, 0.1) is 0 Å². The Morgan fingerprint density at radius 3 is 2.31 bits per heavy atom. The van der Waals surface area contributed by atoms with Gasteiger partial charge in [-0.15, -0.1) is 0 Å². The third-order valence-corrected chi connectivity index (χ3v) is 2.87. The molecule has 0 aliphatic heterocycles. The molecule has 0 saturated heterocycles. The van der Waals surface area contributed by atoms with Crippen molar-refractivity contribution in [1.29, 1.82) is 0 Å². The Balaban J connectivity index is 2.55. The fraction of sp³-hybridized carbons (Fsp3) is 0.667. The van der Waals surface area contributed by atoms with E-state index in [1.165, 1.54) is 12.4 Å². The highest BCUT2D eigenvalue weighted by molar-refractivity contribution is 5.32. The quantitative estimate of drug-likeness (QED) is 0.783. The molecule has 0 saturated carbocycles. The Morgan fingerprint density at radius 1 is 1.19 bits per heavy atom. The molecule has 1 aromatic heterocycles. The van der Waals surface area contributed by atoms with Crippen LogP contribution in [0.5, 0.6) is 0 Å². The van der Waals surface area contributed by atoms with E-state index in [0.717, 1.165) is 6.54 Å². The van der Waals surface area contributed by atoms with Crippen LogP contribution in [-0.2, 0) is 0 Å². The molecule has 0 amide bonds. The molecule has 1 aromatic rings. The number of hydrogen-bond donors (Lipinski definition) is 1. The molecule has 90 valence electrons. The molecule has 0 spiro atoms. The Bertz CT molecular complexity index is 318. The second-order valence-corrected chi connectivity index (χ2v) is 4.76. The molecule has 1 N–H and O–H groups in total. The van der Waals surface area contributed by atoms with E-state index in [9.17, 15) is 4.39 Å². The van der Waals surface area contributed by atoms with Gasteiger partial charge in [-0.1, -0.05) is 27.7 Å². The standard InChI is InChI=1S/C12H20FN3/c1-8(2)10(9(3)4)6-14-12-5-11(13)15-7-16-12/h5,7-10H,6H2,1-4H3,(H,14,15,16). The van der Waals surface area contributed by atoms with Crippen molar-refractivity contribution in [3.05, 3.63) is 18.3 Å². The average molecular weight is 225 g/mol. The van der Waals surface area contributed by atoms with Gasteiger partial charge in [0, 0.05) is 12.6 Å². The monoisotopic (exact) mass is 225 g/mol. The van der Waals surface area contributed by atoms with Crippen LogP contribution in [0, 0.1) is 23.7 Å². The molecule has 4 heteroatoms.